The molecule has 0 aliphatic carbocycles. The summed E-state index contributed by atoms with van der Waals surface area (Å²) in [7, 11) is 0. The largest absolute Gasteiger partial charge is 1.00 e. The Morgan fingerprint density at radius 3 is 2.22 bits per heavy atom. The fourth-order valence-corrected chi connectivity index (χ4v) is 1.47. The third-order valence-electron chi connectivity index (χ3n) is 2.63. The first kappa shape index (κ1) is 17.2. The van der Waals surface area contributed by atoms with Crippen LogP contribution in [-0.4, -0.2) is 10.7 Å². The van der Waals surface area contributed by atoms with E-state index in [2.05, 4.69) is 0 Å². The number of hydrogen-bond donors (Lipinski definition) is 2. The van der Waals surface area contributed by atoms with Crippen LogP contribution < -0.4 is 18.1 Å². The van der Waals surface area contributed by atoms with Crippen LogP contribution in [0.2, 0.25) is 0 Å². The molecule has 1 aromatic rings. The maximum Gasteiger partial charge on any atom is 1.00 e. The van der Waals surface area contributed by atoms with Gasteiger partial charge >= 0.3 is 7.35 Å². The van der Waals surface area contributed by atoms with Gasteiger partial charge in [0, 0.05) is 11.6 Å². The van der Waals surface area contributed by atoms with Gasteiger partial charge in [-0.2, -0.15) is 8.78 Å². The van der Waals surface area contributed by atoms with E-state index >= 15 is 0 Å². The molecule has 3 N–H and O–H groups in total. The molecule has 0 radical (unpaired) electrons. The Labute approximate surface area is 112 Å². The average molecular weight is 284 g/mol. The summed E-state index contributed by atoms with van der Waals surface area (Å²) in [6.45, 7) is 3.38. The molecule has 0 saturated carbocycles. The Kier molecular flexibility index (Phi) is 5.23. The smallest absolute Gasteiger partial charge is 1.00 e. The summed E-state index contributed by atoms with van der Waals surface area (Å²) < 4.78 is 41.6. The van der Waals surface area contributed by atoms with E-state index in [9.17, 15) is 18.3 Å². The summed E-state index contributed by atoms with van der Waals surface area (Å²) in [6.07, 6.45) is 0. The van der Waals surface area contributed by atoms with E-state index in [0.29, 0.717) is 0 Å². The molecule has 0 bridgehead atoms. The van der Waals surface area contributed by atoms with Crippen molar-refractivity contribution in [2.45, 2.75) is 38.3 Å². The highest BCUT2D eigenvalue weighted by atomic mass is 35.5. The van der Waals surface area contributed by atoms with Gasteiger partial charge in [0.2, 0.25) is 0 Å². The van der Waals surface area contributed by atoms with Crippen molar-refractivity contribution in [3.63, 3.8) is 0 Å². The van der Waals surface area contributed by atoms with Gasteiger partial charge in [0.25, 0.3) is 0 Å². The Morgan fingerprint density at radius 2 is 1.83 bits per heavy atom. The fraction of sp³-hybridized carbons (Fsp3) is 0.500. The topological polar surface area (TPSA) is 46.2 Å². The van der Waals surface area contributed by atoms with Crippen LogP contribution in [0.4, 0.5) is 13.2 Å². The van der Waals surface area contributed by atoms with Crippen molar-refractivity contribution in [1.29, 1.82) is 0 Å². The van der Waals surface area contributed by atoms with Gasteiger partial charge in [0.15, 0.2) is 0 Å². The molecule has 1 aromatic carbocycles. The summed E-state index contributed by atoms with van der Waals surface area (Å²) >= 11 is 0. The SMILES string of the molecule is C[C@@H](N)c1cccc(C(F)(F)C(C)(C)O)c1F.[Cl-].[H+]. The number of nitrogens with two attached hydrogens (primary N) is 1. The molecule has 104 valence electrons. The van der Waals surface area contributed by atoms with Crippen molar-refractivity contribution in [2.24, 2.45) is 5.73 Å². The van der Waals surface area contributed by atoms with Crippen molar-refractivity contribution < 1.29 is 32.1 Å². The van der Waals surface area contributed by atoms with Crippen molar-refractivity contribution in [2.75, 3.05) is 0 Å². The molecule has 0 heterocycles. The zero-order valence-electron chi connectivity index (χ0n) is 11.3. The minimum atomic E-state index is -3.68. The number of alkyl halides is 2. The summed E-state index contributed by atoms with van der Waals surface area (Å²) in [5.41, 5.74) is 2.32. The molecule has 0 aliphatic heterocycles. The maximum absolute atomic E-state index is 13.9. The van der Waals surface area contributed by atoms with Crippen molar-refractivity contribution in [1.82, 2.24) is 0 Å². The predicted molar refractivity (Wildman–Crippen MR) is 60.3 cm³/mol. The molecule has 1 atom stereocenters. The quantitative estimate of drug-likeness (QED) is 0.809. The summed E-state index contributed by atoms with van der Waals surface area (Å²) in [4.78, 5) is 0. The number of hydrogen-bond acceptors (Lipinski definition) is 2. The van der Waals surface area contributed by atoms with E-state index in [1.54, 1.807) is 0 Å². The van der Waals surface area contributed by atoms with Crippen LogP contribution in [0.3, 0.4) is 0 Å². The van der Waals surface area contributed by atoms with Gasteiger partial charge in [-0.25, -0.2) is 4.39 Å². The van der Waals surface area contributed by atoms with Crippen molar-refractivity contribution in [3.05, 3.63) is 35.1 Å². The molecule has 2 nitrogen and oxygen atoms in total. The fourth-order valence-electron chi connectivity index (χ4n) is 1.47. The molecular weight excluding hydrogens is 267 g/mol. The number of rotatable bonds is 3. The Bertz CT molecular complexity index is 422. The second-order valence-electron chi connectivity index (χ2n) is 4.63. The van der Waals surface area contributed by atoms with Gasteiger partial charge in [-0.15, -0.1) is 0 Å². The van der Waals surface area contributed by atoms with E-state index in [-0.39, 0.29) is 19.4 Å². The second kappa shape index (κ2) is 5.47. The van der Waals surface area contributed by atoms with E-state index in [4.69, 9.17) is 5.73 Å². The van der Waals surface area contributed by atoms with E-state index < -0.39 is 28.9 Å². The minimum absolute atomic E-state index is 0. The molecule has 0 fully saturated rings. The number of halogens is 4. The molecule has 1 rings (SSSR count). The van der Waals surface area contributed by atoms with Crippen molar-refractivity contribution >= 4 is 0 Å². The first-order valence-electron chi connectivity index (χ1n) is 5.23. The van der Waals surface area contributed by atoms with Gasteiger partial charge in [0.05, 0.1) is 5.56 Å². The lowest BCUT2D eigenvalue weighted by molar-refractivity contribution is -0.170. The molecule has 18 heavy (non-hydrogen) atoms. The van der Waals surface area contributed by atoms with E-state index in [0.717, 1.165) is 19.9 Å². The third kappa shape index (κ3) is 2.96. The monoisotopic (exact) mass is 283 g/mol. The molecular formula is C12H17ClF3NO. The Hall–Kier alpha value is -0.780. The van der Waals surface area contributed by atoms with Crippen LogP contribution in [0.5, 0.6) is 0 Å². The summed E-state index contributed by atoms with van der Waals surface area (Å²) in [5, 5.41) is 9.40. The maximum atomic E-state index is 13.9. The molecule has 0 aliphatic rings. The standard InChI is InChI=1S/C12H16F3NO.ClH/c1-7(16)8-5-4-6-9(10(8)13)12(14,15)11(2,3)17;/h4-7,17H,16H2,1-3H3;1H/t7-;/m1./s1. The molecule has 6 heteroatoms. The molecule has 0 amide bonds. The Balaban J connectivity index is 0. The lowest BCUT2D eigenvalue weighted by Crippen LogP contribution is -3.00. The van der Waals surface area contributed by atoms with Gasteiger partial charge in [-0.1, -0.05) is 12.1 Å². The molecule has 0 aromatic heterocycles. The van der Waals surface area contributed by atoms with Gasteiger partial charge in [-0.3, -0.25) is 0 Å². The number of benzene rings is 1. The number of aliphatic hydroxyl groups is 1. The van der Waals surface area contributed by atoms with Crippen molar-refractivity contribution in [3.8, 4) is 0 Å². The van der Waals surface area contributed by atoms with E-state index in [1.165, 1.54) is 19.1 Å². The normalized spacial score (nSPS) is 14.0. The average Bonchev–Trinajstić information content (AvgIpc) is 2.15. The lowest BCUT2D eigenvalue weighted by atomic mass is 9.91. The van der Waals surface area contributed by atoms with Gasteiger partial charge < -0.3 is 23.2 Å². The molecule has 0 unspecified atom stereocenters. The minimum Gasteiger partial charge on any atom is -1.00 e. The van der Waals surface area contributed by atoms with Crippen LogP contribution >= 0.6 is 0 Å². The predicted octanol–water partition coefficient (Wildman–Crippen LogP) is -0.175. The van der Waals surface area contributed by atoms with Crippen LogP contribution in [0.15, 0.2) is 18.2 Å². The second-order valence-corrected chi connectivity index (χ2v) is 4.63. The third-order valence-corrected chi connectivity index (χ3v) is 2.63. The van der Waals surface area contributed by atoms with Gasteiger partial charge in [0.1, 0.15) is 11.4 Å². The summed E-state index contributed by atoms with van der Waals surface area (Å²) in [5.74, 6) is -4.74. The highest BCUT2D eigenvalue weighted by Crippen LogP contribution is 2.40. The molecule has 0 saturated heterocycles. The highest BCUT2D eigenvalue weighted by molar-refractivity contribution is 5.32. The van der Waals surface area contributed by atoms with Crippen LogP contribution in [0, 0.1) is 5.82 Å². The first-order valence-corrected chi connectivity index (χ1v) is 5.23. The molecule has 0 spiro atoms. The summed E-state index contributed by atoms with van der Waals surface area (Å²) in [6, 6.07) is 2.92. The van der Waals surface area contributed by atoms with Gasteiger partial charge in [-0.05, 0) is 26.8 Å². The van der Waals surface area contributed by atoms with Crippen LogP contribution in [-0.2, 0) is 5.92 Å². The Morgan fingerprint density at radius 1 is 1.33 bits per heavy atom. The zero-order chi connectivity index (χ0) is 13.4. The highest BCUT2D eigenvalue weighted by Gasteiger charge is 2.49. The first-order chi connectivity index (χ1) is 7.59. The van der Waals surface area contributed by atoms with E-state index in [1.807, 2.05) is 0 Å². The lowest BCUT2D eigenvalue weighted by Gasteiger charge is -2.30. The van der Waals surface area contributed by atoms with Crippen LogP contribution in [0.25, 0.3) is 0 Å². The zero-order valence-corrected chi connectivity index (χ0v) is 11.1. The van der Waals surface area contributed by atoms with Crippen LogP contribution in [0.1, 0.15) is 39.4 Å².